The Morgan fingerprint density at radius 2 is 1.78 bits per heavy atom. The molecule has 4 nitrogen and oxygen atoms in total. The summed E-state index contributed by atoms with van der Waals surface area (Å²) >= 11 is 0. The lowest BCUT2D eigenvalue weighted by Crippen LogP contribution is -2.32. The molecule has 0 amide bonds. The molecule has 0 fully saturated rings. The normalized spacial score (nSPS) is 11.9. The highest BCUT2D eigenvalue weighted by atomic mass is 32.2. The van der Waals surface area contributed by atoms with E-state index in [4.69, 9.17) is 5.11 Å². The molecule has 0 bridgehead atoms. The highest BCUT2D eigenvalue weighted by Gasteiger charge is 2.15. The number of sulfone groups is 1. The summed E-state index contributed by atoms with van der Waals surface area (Å²) in [6, 6.07) is 8.49. The van der Waals surface area contributed by atoms with E-state index in [9.17, 15) is 8.42 Å². The first-order valence-corrected chi connectivity index (χ1v) is 7.86. The fourth-order valence-electron chi connectivity index (χ4n) is 1.79. The Bertz CT molecular complexity index is 425. The number of hydrogen-bond acceptors (Lipinski definition) is 4. The van der Waals surface area contributed by atoms with E-state index in [2.05, 4.69) is 0 Å². The summed E-state index contributed by atoms with van der Waals surface area (Å²) in [6.07, 6.45) is 0.950. The Kier molecular flexibility index (Phi) is 6.32. The highest BCUT2D eigenvalue weighted by Crippen LogP contribution is 2.10. The molecule has 102 valence electrons. The molecule has 0 radical (unpaired) electrons. The van der Waals surface area contributed by atoms with Crippen LogP contribution in [0.4, 0.5) is 0 Å². The molecule has 0 heterocycles. The Morgan fingerprint density at radius 1 is 1.11 bits per heavy atom. The van der Waals surface area contributed by atoms with E-state index in [-0.39, 0.29) is 12.4 Å². The fraction of sp³-hybridized carbons (Fsp3) is 0.538. The lowest BCUT2D eigenvalue weighted by molar-refractivity contribution is 0.203. The smallest absolute Gasteiger partial charge is 0.179 e. The van der Waals surface area contributed by atoms with Crippen molar-refractivity contribution in [3.8, 4) is 0 Å². The van der Waals surface area contributed by atoms with Crippen molar-refractivity contribution in [3.05, 3.63) is 30.3 Å². The first-order valence-electron chi connectivity index (χ1n) is 6.21. The molecular formula is C13H21NO3S. The van der Waals surface area contributed by atoms with Crippen molar-refractivity contribution >= 4 is 9.84 Å². The topological polar surface area (TPSA) is 57.6 Å². The van der Waals surface area contributed by atoms with Gasteiger partial charge in [0, 0.05) is 13.1 Å². The van der Waals surface area contributed by atoms with E-state index in [0.29, 0.717) is 18.0 Å². The van der Waals surface area contributed by atoms with Crippen LogP contribution < -0.4 is 0 Å². The van der Waals surface area contributed by atoms with Crippen molar-refractivity contribution in [1.82, 2.24) is 4.90 Å². The van der Waals surface area contributed by atoms with Gasteiger partial charge >= 0.3 is 0 Å². The van der Waals surface area contributed by atoms with Crippen LogP contribution in [0.15, 0.2) is 35.2 Å². The summed E-state index contributed by atoms with van der Waals surface area (Å²) < 4.78 is 24.1. The van der Waals surface area contributed by atoms with Crippen LogP contribution in [-0.2, 0) is 9.84 Å². The zero-order valence-electron chi connectivity index (χ0n) is 10.7. The summed E-state index contributed by atoms with van der Waals surface area (Å²) in [6.45, 7) is 3.90. The third-order valence-electron chi connectivity index (χ3n) is 2.73. The molecule has 1 aromatic carbocycles. The largest absolute Gasteiger partial charge is 0.395 e. The van der Waals surface area contributed by atoms with Crippen LogP contribution in [-0.4, -0.2) is 50.4 Å². The Morgan fingerprint density at radius 3 is 2.33 bits per heavy atom. The second kappa shape index (κ2) is 7.51. The van der Waals surface area contributed by atoms with Gasteiger partial charge in [-0.1, -0.05) is 25.1 Å². The van der Waals surface area contributed by atoms with Crippen LogP contribution in [0.25, 0.3) is 0 Å². The summed E-state index contributed by atoms with van der Waals surface area (Å²) in [4.78, 5) is 2.34. The maximum Gasteiger partial charge on any atom is 0.179 e. The maximum absolute atomic E-state index is 12.1. The molecule has 5 heteroatoms. The predicted octanol–water partition coefficient (Wildman–Crippen LogP) is 1.16. The molecule has 1 rings (SSSR count). The molecule has 0 aliphatic rings. The molecule has 1 aromatic rings. The van der Waals surface area contributed by atoms with Crippen molar-refractivity contribution in [3.63, 3.8) is 0 Å². The summed E-state index contributed by atoms with van der Waals surface area (Å²) in [5.74, 6) is 0.0943. The van der Waals surface area contributed by atoms with Gasteiger partial charge in [-0.15, -0.1) is 0 Å². The lowest BCUT2D eigenvalue weighted by atomic mass is 10.4. The molecule has 0 atom stereocenters. The molecule has 0 aromatic heterocycles. The first kappa shape index (κ1) is 15.1. The van der Waals surface area contributed by atoms with Crippen molar-refractivity contribution in [2.45, 2.75) is 18.2 Å². The summed E-state index contributed by atoms with van der Waals surface area (Å²) in [7, 11) is -3.22. The summed E-state index contributed by atoms with van der Waals surface area (Å²) in [5, 5.41) is 8.92. The van der Waals surface area contributed by atoms with Crippen LogP contribution in [0.5, 0.6) is 0 Å². The van der Waals surface area contributed by atoms with Gasteiger partial charge in [-0.05, 0) is 25.1 Å². The van der Waals surface area contributed by atoms with Gasteiger partial charge in [0.15, 0.2) is 9.84 Å². The maximum atomic E-state index is 12.1. The predicted molar refractivity (Wildman–Crippen MR) is 72.3 cm³/mol. The van der Waals surface area contributed by atoms with Crippen molar-refractivity contribution < 1.29 is 13.5 Å². The molecular weight excluding hydrogens is 250 g/mol. The molecule has 0 saturated heterocycles. The number of benzene rings is 1. The zero-order valence-corrected chi connectivity index (χ0v) is 11.6. The molecule has 0 saturated carbocycles. The van der Waals surface area contributed by atoms with Crippen LogP contribution in [0, 0.1) is 0 Å². The number of rotatable bonds is 8. The van der Waals surface area contributed by atoms with E-state index >= 15 is 0 Å². The van der Waals surface area contributed by atoms with Crippen LogP contribution in [0.2, 0.25) is 0 Å². The number of hydrogen-bond donors (Lipinski definition) is 1. The van der Waals surface area contributed by atoms with Crippen LogP contribution in [0.3, 0.4) is 0 Å². The van der Waals surface area contributed by atoms with E-state index in [1.165, 1.54) is 0 Å². The third kappa shape index (κ3) is 4.76. The average Bonchev–Trinajstić information content (AvgIpc) is 2.38. The second-order valence-electron chi connectivity index (χ2n) is 4.20. The zero-order chi connectivity index (χ0) is 13.4. The molecule has 18 heavy (non-hydrogen) atoms. The number of aliphatic hydroxyl groups is 1. The SMILES string of the molecule is CCCN(CCO)CCS(=O)(=O)c1ccccc1. The minimum atomic E-state index is -3.22. The minimum Gasteiger partial charge on any atom is -0.395 e. The van der Waals surface area contributed by atoms with Crippen molar-refractivity contribution in [2.75, 3.05) is 32.0 Å². The fourth-order valence-corrected chi connectivity index (χ4v) is 3.09. The van der Waals surface area contributed by atoms with Gasteiger partial charge < -0.3 is 10.0 Å². The molecule has 0 aliphatic heterocycles. The minimum absolute atomic E-state index is 0.0609. The van der Waals surface area contributed by atoms with E-state index in [1.54, 1.807) is 30.3 Å². The molecule has 0 spiro atoms. The van der Waals surface area contributed by atoms with Crippen LogP contribution in [0.1, 0.15) is 13.3 Å². The van der Waals surface area contributed by atoms with Crippen molar-refractivity contribution in [2.24, 2.45) is 0 Å². The van der Waals surface area contributed by atoms with Gasteiger partial charge in [0.1, 0.15) is 0 Å². The summed E-state index contributed by atoms with van der Waals surface area (Å²) in [5.41, 5.74) is 0. The first-order chi connectivity index (χ1) is 8.60. The van der Waals surface area contributed by atoms with Gasteiger partial charge in [-0.3, -0.25) is 0 Å². The van der Waals surface area contributed by atoms with Crippen molar-refractivity contribution in [1.29, 1.82) is 0 Å². The Balaban J connectivity index is 2.61. The Hall–Kier alpha value is -0.910. The average molecular weight is 271 g/mol. The second-order valence-corrected chi connectivity index (χ2v) is 6.31. The third-order valence-corrected chi connectivity index (χ3v) is 4.45. The lowest BCUT2D eigenvalue weighted by Gasteiger charge is -2.20. The van der Waals surface area contributed by atoms with Gasteiger partial charge in [0.05, 0.1) is 17.3 Å². The number of aliphatic hydroxyl groups excluding tert-OH is 1. The standard InChI is InChI=1S/C13H21NO3S/c1-2-8-14(9-11-15)10-12-18(16,17)13-6-4-3-5-7-13/h3-7,15H,2,8-12H2,1H3. The Labute approximate surface area is 109 Å². The van der Waals surface area contributed by atoms with Gasteiger partial charge in [0.25, 0.3) is 0 Å². The molecule has 0 aliphatic carbocycles. The van der Waals surface area contributed by atoms with E-state index in [1.807, 2.05) is 11.8 Å². The monoisotopic (exact) mass is 271 g/mol. The number of nitrogens with zero attached hydrogens (tertiary/aromatic N) is 1. The highest BCUT2D eigenvalue weighted by molar-refractivity contribution is 7.91. The van der Waals surface area contributed by atoms with Crippen LogP contribution >= 0.6 is 0 Å². The molecule has 1 N–H and O–H groups in total. The van der Waals surface area contributed by atoms with Gasteiger partial charge in [0.2, 0.25) is 0 Å². The molecule has 0 unspecified atom stereocenters. The van der Waals surface area contributed by atoms with Gasteiger partial charge in [-0.25, -0.2) is 8.42 Å². The van der Waals surface area contributed by atoms with E-state index in [0.717, 1.165) is 13.0 Å². The quantitative estimate of drug-likeness (QED) is 0.771. The van der Waals surface area contributed by atoms with Gasteiger partial charge in [-0.2, -0.15) is 0 Å². The van der Waals surface area contributed by atoms with E-state index < -0.39 is 9.84 Å².